The van der Waals surface area contributed by atoms with Crippen LogP contribution in [0.2, 0.25) is 0 Å². The summed E-state index contributed by atoms with van der Waals surface area (Å²) >= 11 is 0. The molecule has 3 aromatic rings. The van der Waals surface area contributed by atoms with Crippen LogP contribution in [0.5, 0.6) is 0 Å². The maximum absolute atomic E-state index is 10.8. The van der Waals surface area contributed by atoms with Gasteiger partial charge in [0.1, 0.15) is 0 Å². The summed E-state index contributed by atoms with van der Waals surface area (Å²) in [6, 6.07) is 14.2. The molecule has 7 heteroatoms. The number of nitrogens with one attached hydrogen (secondary N) is 1. The molecule has 0 atom stereocenters. The van der Waals surface area contributed by atoms with Crippen LogP contribution in [0.25, 0.3) is 11.4 Å². The van der Waals surface area contributed by atoms with Gasteiger partial charge in [-0.1, -0.05) is 42.4 Å². The van der Waals surface area contributed by atoms with Crippen molar-refractivity contribution < 1.29 is 9.45 Å². The van der Waals surface area contributed by atoms with Crippen LogP contribution in [0.15, 0.2) is 53.1 Å². The first-order valence-corrected chi connectivity index (χ1v) is 7.56. The van der Waals surface area contributed by atoms with Gasteiger partial charge in [0.05, 0.1) is 11.5 Å². The Bertz CT molecular complexity index is 860. The fourth-order valence-corrected chi connectivity index (χ4v) is 2.37. The first kappa shape index (κ1) is 15.7. The van der Waals surface area contributed by atoms with E-state index in [1.807, 2.05) is 18.2 Å². The van der Waals surface area contributed by atoms with Gasteiger partial charge < -0.3 is 9.84 Å². The highest BCUT2D eigenvalue weighted by Gasteiger charge is 2.12. The number of benzene rings is 2. The zero-order chi connectivity index (χ0) is 16.9. The van der Waals surface area contributed by atoms with E-state index in [4.69, 9.17) is 4.52 Å². The van der Waals surface area contributed by atoms with Crippen LogP contribution in [0.4, 0.5) is 11.4 Å². The van der Waals surface area contributed by atoms with E-state index < -0.39 is 4.92 Å². The number of aromatic nitrogens is 2. The van der Waals surface area contributed by atoms with E-state index in [0.717, 1.165) is 12.1 Å². The van der Waals surface area contributed by atoms with Gasteiger partial charge in [0.15, 0.2) is 0 Å². The number of hydrogen-bond acceptors (Lipinski definition) is 6. The topological polar surface area (TPSA) is 94.1 Å². The lowest BCUT2D eigenvalue weighted by molar-refractivity contribution is -0.384. The Balaban J connectivity index is 1.74. The van der Waals surface area contributed by atoms with Crippen molar-refractivity contribution in [2.75, 3.05) is 5.32 Å². The van der Waals surface area contributed by atoms with Crippen LogP contribution >= 0.6 is 0 Å². The second-order valence-corrected chi connectivity index (χ2v) is 5.18. The number of nitro benzene ring substituents is 1. The van der Waals surface area contributed by atoms with Gasteiger partial charge in [0, 0.05) is 23.4 Å². The Morgan fingerprint density at radius 1 is 1.21 bits per heavy atom. The zero-order valence-corrected chi connectivity index (χ0v) is 13.1. The summed E-state index contributed by atoms with van der Waals surface area (Å²) in [6.07, 6.45) is 0.923. The molecule has 0 aliphatic carbocycles. The van der Waals surface area contributed by atoms with E-state index in [1.165, 1.54) is 17.7 Å². The molecule has 0 bridgehead atoms. The summed E-state index contributed by atoms with van der Waals surface area (Å²) < 4.78 is 5.22. The lowest BCUT2D eigenvalue weighted by Gasteiger charge is -2.08. The zero-order valence-electron chi connectivity index (χ0n) is 13.1. The third kappa shape index (κ3) is 3.40. The van der Waals surface area contributed by atoms with Gasteiger partial charge in [0.25, 0.3) is 5.69 Å². The van der Waals surface area contributed by atoms with E-state index in [0.29, 0.717) is 23.8 Å². The molecule has 0 aliphatic rings. The van der Waals surface area contributed by atoms with Gasteiger partial charge in [-0.2, -0.15) is 4.98 Å². The number of nitro groups is 1. The second-order valence-electron chi connectivity index (χ2n) is 5.18. The minimum atomic E-state index is -0.451. The molecule has 1 N–H and O–H groups in total. The van der Waals surface area contributed by atoms with E-state index in [-0.39, 0.29) is 5.69 Å². The van der Waals surface area contributed by atoms with Crippen molar-refractivity contribution >= 4 is 11.4 Å². The Kier molecular flexibility index (Phi) is 4.51. The summed E-state index contributed by atoms with van der Waals surface area (Å²) in [5.41, 5.74) is 2.77. The van der Waals surface area contributed by atoms with Crippen LogP contribution in [0, 0.1) is 10.1 Å². The summed E-state index contributed by atoms with van der Waals surface area (Å²) in [4.78, 5) is 14.7. The smallest absolute Gasteiger partial charge is 0.270 e. The van der Waals surface area contributed by atoms with E-state index in [1.54, 1.807) is 12.1 Å². The molecule has 2 aromatic carbocycles. The molecule has 122 valence electrons. The van der Waals surface area contributed by atoms with Crippen molar-refractivity contribution in [1.29, 1.82) is 0 Å². The van der Waals surface area contributed by atoms with Gasteiger partial charge in [0.2, 0.25) is 11.7 Å². The number of hydrogen-bond donors (Lipinski definition) is 1. The normalized spacial score (nSPS) is 10.5. The van der Waals surface area contributed by atoms with Crippen molar-refractivity contribution in [2.24, 2.45) is 0 Å². The molecule has 1 heterocycles. The van der Waals surface area contributed by atoms with E-state index in [2.05, 4.69) is 28.4 Å². The average molecular weight is 324 g/mol. The largest absolute Gasteiger partial charge is 0.376 e. The van der Waals surface area contributed by atoms with Crippen molar-refractivity contribution in [3.8, 4) is 11.4 Å². The van der Waals surface area contributed by atoms with E-state index >= 15 is 0 Å². The van der Waals surface area contributed by atoms with Crippen LogP contribution < -0.4 is 5.32 Å². The van der Waals surface area contributed by atoms with Crippen molar-refractivity contribution in [3.63, 3.8) is 0 Å². The fraction of sp³-hybridized carbons (Fsp3) is 0.176. The predicted octanol–water partition coefficient (Wildman–Crippen LogP) is 3.82. The maximum atomic E-state index is 10.8. The number of aryl methyl sites for hydroxylation is 1. The van der Waals surface area contributed by atoms with Gasteiger partial charge in [-0.15, -0.1) is 0 Å². The molecule has 0 fully saturated rings. The Hall–Kier alpha value is -3.22. The number of non-ortho nitro benzene ring substituents is 1. The molecule has 1 aromatic heterocycles. The summed E-state index contributed by atoms with van der Waals surface area (Å²) in [5.74, 6) is 0.752. The van der Waals surface area contributed by atoms with Gasteiger partial charge in [-0.25, -0.2) is 0 Å². The lowest BCUT2D eigenvalue weighted by atomic mass is 10.1. The average Bonchev–Trinajstić information content (AvgIpc) is 3.09. The highest BCUT2D eigenvalue weighted by molar-refractivity contribution is 5.58. The van der Waals surface area contributed by atoms with E-state index in [9.17, 15) is 10.1 Å². The summed E-state index contributed by atoms with van der Waals surface area (Å²) in [6.45, 7) is 2.48. The number of para-hydroxylation sites is 1. The van der Waals surface area contributed by atoms with Crippen molar-refractivity contribution in [2.45, 2.75) is 19.9 Å². The predicted molar refractivity (Wildman–Crippen MR) is 89.5 cm³/mol. The molecule has 0 saturated heterocycles. The third-order valence-corrected chi connectivity index (χ3v) is 3.61. The molecule has 0 spiro atoms. The third-order valence-electron chi connectivity index (χ3n) is 3.61. The quantitative estimate of drug-likeness (QED) is 0.547. The molecule has 0 radical (unpaired) electrons. The number of nitrogens with zero attached hydrogens (tertiary/aromatic N) is 3. The minimum absolute atomic E-state index is 0.00570. The molecule has 0 aliphatic heterocycles. The standard InChI is InChI=1S/C17H16N4O3/c1-2-12-6-3-4-9-15(12)18-11-16-19-17(20-24-16)13-7-5-8-14(10-13)21(22)23/h3-10,18H,2,11H2,1H3. The number of anilines is 1. The van der Waals surface area contributed by atoms with Gasteiger partial charge in [-0.05, 0) is 18.1 Å². The van der Waals surface area contributed by atoms with Crippen LogP contribution in [0.1, 0.15) is 18.4 Å². The lowest BCUT2D eigenvalue weighted by Crippen LogP contribution is -2.02. The van der Waals surface area contributed by atoms with Crippen LogP contribution in [-0.2, 0) is 13.0 Å². The molecule has 0 unspecified atom stereocenters. The highest BCUT2D eigenvalue weighted by Crippen LogP contribution is 2.22. The SMILES string of the molecule is CCc1ccccc1NCc1nc(-c2cccc([N+](=O)[O-])c2)no1. The molecule has 3 rings (SSSR count). The van der Waals surface area contributed by atoms with Crippen molar-refractivity contribution in [3.05, 3.63) is 70.1 Å². The minimum Gasteiger partial charge on any atom is -0.376 e. The Labute approximate surface area is 138 Å². The van der Waals surface area contributed by atoms with Crippen molar-refractivity contribution in [1.82, 2.24) is 10.1 Å². The molecular formula is C17H16N4O3. The highest BCUT2D eigenvalue weighted by atomic mass is 16.6. The summed E-state index contributed by atoms with van der Waals surface area (Å²) in [7, 11) is 0. The first-order chi connectivity index (χ1) is 11.7. The first-order valence-electron chi connectivity index (χ1n) is 7.56. The monoisotopic (exact) mass is 324 g/mol. The van der Waals surface area contributed by atoms with Crippen LogP contribution in [0.3, 0.4) is 0 Å². The summed E-state index contributed by atoms with van der Waals surface area (Å²) in [5, 5.41) is 18.0. The Morgan fingerprint density at radius 2 is 2.04 bits per heavy atom. The fourth-order valence-electron chi connectivity index (χ4n) is 2.37. The molecule has 7 nitrogen and oxygen atoms in total. The van der Waals surface area contributed by atoms with Gasteiger partial charge >= 0.3 is 0 Å². The molecule has 24 heavy (non-hydrogen) atoms. The molecular weight excluding hydrogens is 308 g/mol. The maximum Gasteiger partial charge on any atom is 0.270 e. The number of rotatable bonds is 6. The van der Waals surface area contributed by atoms with Crippen LogP contribution in [-0.4, -0.2) is 15.1 Å². The molecule has 0 amide bonds. The Morgan fingerprint density at radius 3 is 2.83 bits per heavy atom. The van der Waals surface area contributed by atoms with Gasteiger partial charge in [-0.3, -0.25) is 10.1 Å². The second kappa shape index (κ2) is 6.91. The molecule has 0 saturated carbocycles.